The predicted octanol–water partition coefficient (Wildman–Crippen LogP) is 3.35. The van der Waals surface area contributed by atoms with Gasteiger partial charge in [-0.1, -0.05) is 26.8 Å². The number of benzene rings is 1. The third-order valence-corrected chi connectivity index (χ3v) is 4.00. The summed E-state index contributed by atoms with van der Waals surface area (Å²) < 4.78 is 0. The third kappa shape index (κ3) is 6.17. The first-order chi connectivity index (χ1) is 9.70. The molecule has 0 aliphatic rings. The summed E-state index contributed by atoms with van der Waals surface area (Å²) in [6.07, 6.45) is 1.38. The van der Waals surface area contributed by atoms with Crippen molar-refractivity contribution >= 4 is 17.3 Å². The number of nitrogen functional groups attached to an aromatic ring is 1. The van der Waals surface area contributed by atoms with E-state index in [4.69, 9.17) is 5.73 Å². The Hall–Kier alpha value is -1.55. The average molecular weight is 291 g/mol. The predicted molar refractivity (Wildman–Crippen MR) is 90.3 cm³/mol. The molecule has 0 aliphatic carbocycles. The fraction of sp³-hybridized carbons (Fsp3) is 0.588. The number of carbonyl (C=O) groups is 1. The first kappa shape index (κ1) is 17.5. The number of hydrogen-bond donors (Lipinski definition) is 2. The highest BCUT2D eigenvalue weighted by molar-refractivity contribution is 5.91. The zero-order valence-electron chi connectivity index (χ0n) is 13.9. The van der Waals surface area contributed by atoms with Gasteiger partial charge in [-0.2, -0.15) is 0 Å². The van der Waals surface area contributed by atoms with E-state index in [1.54, 1.807) is 12.1 Å². The number of rotatable bonds is 6. The van der Waals surface area contributed by atoms with E-state index in [1.807, 2.05) is 12.1 Å². The normalized spacial score (nSPS) is 13.2. The monoisotopic (exact) mass is 291 g/mol. The average Bonchev–Trinajstić information content (AvgIpc) is 2.36. The Labute approximate surface area is 128 Å². The summed E-state index contributed by atoms with van der Waals surface area (Å²) in [6, 6.07) is 7.74. The van der Waals surface area contributed by atoms with Crippen LogP contribution >= 0.6 is 0 Å². The molecule has 1 aromatic rings. The lowest BCUT2D eigenvalue weighted by Gasteiger charge is -2.35. The van der Waals surface area contributed by atoms with Crippen molar-refractivity contribution in [2.75, 3.05) is 24.6 Å². The molecule has 4 heteroatoms. The smallest absolute Gasteiger partial charge is 0.224 e. The molecular formula is C17H29N3O. The van der Waals surface area contributed by atoms with Crippen molar-refractivity contribution in [1.29, 1.82) is 0 Å². The minimum absolute atomic E-state index is 0.0393. The van der Waals surface area contributed by atoms with Gasteiger partial charge in [-0.3, -0.25) is 4.79 Å². The Kier molecular flexibility index (Phi) is 6.21. The quantitative estimate of drug-likeness (QED) is 0.790. The summed E-state index contributed by atoms with van der Waals surface area (Å²) in [4.78, 5) is 14.2. The van der Waals surface area contributed by atoms with E-state index in [0.29, 0.717) is 18.2 Å². The number of nitrogens with one attached hydrogen (secondary N) is 1. The molecule has 1 rings (SSSR count). The van der Waals surface area contributed by atoms with Gasteiger partial charge in [-0.25, -0.2) is 0 Å². The molecular weight excluding hydrogens is 262 g/mol. The molecule has 0 radical (unpaired) electrons. The zero-order chi connectivity index (χ0) is 16.0. The molecule has 21 heavy (non-hydrogen) atoms. The van der Waals surface area contributed by atoms with Crippen LogP contribution in [0.2, 0.25) is 0 Å². The molecule has 0 aromatic heterocycles. The molecule has 0 spiro atoms. The van der Waals surface area contributed by atoms with Crippen molar-refractivity contribution in [2.24, 2.45) is 5.41 Å². The van der Waals surface area contributed by atoms with Crippen molar-refractivity contribution in [3.63, 3.8) is 0 Å². The molecule has 0 aliphatic heterocycles. The van der Waals surface area contributed by atoms with Gasteiger partial charge in [-0.15, -0.1) is 0 Å². The largest absolute Gasteiger partial charge is 0.399 e. The van der Waals surface area contributed by atoms with Crippen molar-refractivity contribution in [3.05, 3.63) is 24.3 Å². The molecule has 118 valence electrons. The summed E-state index contributed by atoms with van der Waals surface area (Å²) in [5.74, 6) is 0.0393. The molecule has 3 N–H and O–H groups in total. The third-order valence-electron chi connectivity index (χ3n) is 4.00. The van der Waals surface area contributed by atoms with E-state index in [9.17, 15) is 4.79 Å². The highest BCUT2D eigenvalue weighted by Crippen LogP contribution is 2.23. The maximum Gasteiger partial charge on any atom is 0.224 e. The summed E-state index contributed by atoms with van der Waals surface area (Å²) >= 11 is 0. The Morgan fingerprint density at radius 1 is 1.38 bits per heavy atom. The first-order valence-corrected chi connectivity index (χ1v) is 7.56. The molecule has 4 nitrogen and oxygen atoms in total. The van der Waals surface area contributed by atoms with Gasteiger partial charge in [0.05, 0.1) is 0 Å². The lowest BCUT2D eigenvalue weighted by atomic mass is 9.87. The highest BCUT2D eigenvalue weighted by atomic mass is 16.1. The van der Waals surface area contributed by atoms with Crippen LogP contribution in [-0.4, -0.2) is 30.4 Å². The summed E-state index contributed by atoms with van der Waals surface area (Å²) in [5, 5.41) is 2.88. The first-order valence-electron chi connectivity index (χ1n) is 7.56. The molecule has 1 atom stereocenters. The van der Waals surface area contributed by atoms with Crippen molar-refractivity contribution in [1.82, 2.24) is 4.90 Å². The second-order valence-corrected chi connectivity index (χ2v) is 6.80. The van der Waals surface area contributed by atoms with E-state index in [0.717, 1.165) is 18.7 Å². The van der Waals surface area contributed by atoms with Gasteiger partial charge in [-0.05, 0) is 50.6 Å². The summed E-state index contributed by atoms with van der Waals surface area (Å²) in [6.45, 7) is 9.86. The molecule has 1 amide bonds. The molecule has 1 aromatic carbocycles. The second-order valence-electron chi connectivity index (χ2n) is 6.80. The SMILES string of the molecule is CC(N(C)CCCC(=O)Nc1cccc(N)c1)C(C)(C)C. The van der Waals surface area contributed by atoms with E-state index in [1.165, 1.54) is 0 Å². The van der Waals surface area contributed by atoms with Crippen molar-refractivity contribution < 1.29 is 4.79 Å². The van der Waals surface area contributed by atoms with Crippen LogP contribution in [0.25, 0.3) is 0 Å². The van der Waals surface area contributed by atoms with Crippen LogP contribution in [0.5, 0.6) is 0 Å². The molecule has 0 bridgehead atoms. The topological polar surface area (TPSA) is 58.4 Å². The number of hydrogen-bond acceptors (Lipinski definition) is 3. The maximum atomic E-state index is 11.9. The molecule has 1 unspecified atom stereocenters. The standard InChI is InChI=1S/C17H29N3O/c1-13(17(2,3)4)20(5)11-7-10-16(21)19-15-9-6-8-14(18)12-15/h6,8-9,12-13H,7,10-11,18H2,1-5H3,(H,19,21). The van der Waals surface area contributed by atoms with Crippen LogP contribution in [-0.2, 0) is 4.79 Å². The lowest BCUT2D eigenvalue weighted by Crippen LogP contribution is -2.39. The minimum Gasteiger partial charge on any atom is -0.399 e. The number of anilines is 2. The number of amides is 1. The Balaban J connectivity index is 2.34. The maximum absolute atomic E-state index is 11.9. The van der Waals surface area contributed by atoms with Gasteiger partial charge in [0.25, 0.3) is 0 Å². The van der Waals surface area contributed by atoms with E-state index < -0.39 is 0 Å². The van der Waals surface area contributed by atoms with Gasteiger partial charge < -0.3 is 16.0 Å². The Morgan fingerprint density at radius 2 is 2.05 bits per heavy atom. The van der Waals surface area contributed by atoms with Gasteiger partial charge in [0, 0.05) is 23.8 Å². The van der Waals surface area contributed by atoms with Crippen LogP contribution in [0.15, 0.2) is 24.3 Å². The zero-order valence-corrected chi connectivity index (χ0v) is 13.9. The molecule has 0 saturated heterocycles. The highest BCUT2D eigenvalue weighted by Gasteiger charge is 2.23. The van der Waals surface area contributed by atoms with Crippen LogP contribution in [0.4, 0.5) is 11.4 Å². The van der Waals surface area contributed by atoms with Gasteiger partial charge >= 0.3 is 0 Å². The van der Waals surface area contributed by atoms with E-state index in [2.05, 4.69) is 45.0 Å². The minimum atomic E-state index is 0.0393. The van der Waals surface area contributed by atoms with Crippen LogP contribution in [0.1, 0.15) is 40.5 Å². The van der Waals surface area contributed by atoms with Crippen LogP contribution in [0.3, 0.4) is 0 Å². The van der Waals surface area contributed by atoms with E-state index in [-0.39, 0.29) is 11.3 Å². The fourth-order valence-corrected chi connectivity index (χ4v) is 2.18. The number of nitrogens with zero attached hydrogens (tertiary/aromatic N) is 1. The van der Waals surface area contributed by atoms with Gasteiger partial charge in [0.2, 0.25) is 5.91 Å². The van der Waals surface area contributed by atoms with Crippen LogP contribution in [0, 0.1) is 5.41 Å². The number of nitrogens with two attached hydrogens (primary N) is 1. The fourth-order valence-electron chi connectivity index (χ4n) is 2.18. The van der Waals surface area contributed by atoms with Crippen molar-refractivity contribution in [2.45, 2.75) is 46.6 Å². The summed E-state index contributed by atoms with van der Waals surface area (Å²) in [7, 11) is 2.12. The molecule has 0 heterocycles. The van der Waals surface area contributed by atoms with Gasteiger partial charge in [0.15, 0.2) is 0 Å². The van der Waals surface area contributed by atoms with Gasteiger partial charge in [0.1, 0.15) is 0 Å². The van der Waals surface area contributed by atoms with Crippen LogP contribution < -0.4 is 11.1 Å². The van der Waals surface area contributed by atoms with E-state index >= 15 is 0 Å². The number of carbonyl (C=O) groups excluding carboxylic acids is 1. The Bertz CT molecular complexity index is 465. The summed E-state index contributed by atoms with van der Waals surface area (Å²) in [5.41, 5.74) is 7.36. The Morgan fingerprint density at radius 3 is 2.62 bits per heavy atom. The molecule has 0 fully saturated rings. The van der Waals surface area contributed by atoms with Crippen molar-refractivity contribution in [3.8, 4) is 0 Å². The lowest BCUT2D eigenvalue weighted by molar-refractivity contribution is -0.116. The molecule has 0 saturated carbocycles. The second kappa shape index (κ2) is 7.46.